The van der Waals surface area contributed by atoms with E-state index in [0.717, 1.165) is 5.56 Å². The monoisotopic (exact) mass is 390 g/mol. The van der Waals surface area contributed by atoms with E-state index in [2.05, 4.69) is 26.2 Å². The summed E-state index contributed by atoms with van der Waals surface area (Å²) < 4.78 is 5.85. The third kappa shape index (κ3) is 5.16. The van der Waals surface area contributed by atoms with Crippen molar-refractivity contribution in [2.75, 3.05) is 6.54 Å². The predicted molar refractivity (Wildman–Crippen MR) is 94.7 cm³/mol. The standard InChI is InChI=1S/C18H19BrN2O3/c1-12(14-6-4-3-5-7-14)9-21-17(22)13(2)24-18(23)15-8-16(19)11-20-10-15/h3-8,10-13H,9H2,1-2H3,(H,21,22)/t12-,13+/m1/s1. The van der Waals surface area contributed by atoms with Crippen LogP contribution in [0.15, 0.2) is 53.3 Å². The quantitative estimate of drug-likeness (QED) is 0.768. The summed E-state index contributed by atoms with van der Waals surface area (Å²) >= 11 is 3.24. The lowest BCUT2D eigenvalue weighted by Gasteiger charge is -2.16. The molecule has 0 unspecified atom stereocenters. The van der Waals surface area contributed by atoms with Crippen LogP contribution in [0.2, 0.25) is 0 Å². The third-order valence-corrected chi connectivity index (χ3v) is 3.98. The molecule has 0 saturated heterocycles. The van der Waals surface area contributed by atoms with Gasteiger partial charge in [0, 0.05) is 23.4 Å². The van der Waals surface area contributed by atoms with Gasteiger partial charge >= 0.3 is 5.97 Å². The number of benzene rings is 1. The summed E-state index contributed by atoms with van der Waals surface area (Å²) in [4.78, 5) is 28.0. The second-order valence-corrected chi connectivity index (χ2v) is 6.41. The van der Waals surface area contributed by atoms with Crippen LogP contribution in [0.4, 0.5) is 0 Å². The first-order chi connectivity index (χ1) is 11.5. The summed E-state index contributed by atoms with van der Waals surface area (Å²) in [5.74, 6) is -0.732. The van der Waals surface area contributed by atoms with Crippen molar-refractivity contribution in [3.8, 4) is 0 Å². The van der Waals surface area contributed by atoms with Crippen molar-refractivity contribution in [2.45, 2.75) is 25.9 Å². The summed E-state index contributed by atoms with van der Waals surface area (Å²) in [6, 6.07) is 11.5. The summed E-state index contributed by atoms with van der Waals surface area (Å²) in [7, 11) is 0. The minimum Gasteiger partial charge on any atom is -0.449 e. The Morgan fingerprint density at radius 3 is 2.58 bits per heavy atom. The van der Waals surface area contributed by atoms with Crippen molar-refractivity contribution in [1.82, 2.24) is 10.3 Å². The Bertz CT molecular complexity index is 706. The maximum atomic E-state index is 12.1. The molecular formula is C18H19BrN2O3. The molecule has 5 nitrogen and oxygen atoms in total. The highest BCUT2D eigenvalue weighted by atomic mass is 79.9. The van der Waals surface area contributed by atoms with Crippen molar-refractivity contribution in [3.05, 3.63) is 64.4 Å². The highest BCUT2D eigenvalue weighted by molar-refractivity contribution is 9.10. The van der Waals surface area contributed by atoms with Crippen LogP contribution in [0.5, 0.6) is 0 Å². The number of amides is 1. The average Bonchev–Trinajstić information content (AvgIpc) is 2.60. The third-order valence-electron chi connectivity index (χ3n) is 3.54. The van der Waals surface area contributed by atoms with E-state index in [1.807, 2.05) is 37.3 Å². The number of hydrogen-bond acceptors (Lipinski definition) is 4. The van der Waals surface area contributed by atoms with Gasteiger partial charge in [-0.25, -0.2) is 4.79 Å². The van der Waals surface area contributed by atoms with Gasteiger partial charge in [-0.1, -0.05) is 37.3 Å². The van der Waals surface area contributed by atoms with Crippen LogP contribution in [0.1, 0.15) is 35.7 Å². The molecule has 2 rings (SSSR count). The number of carbonyl (C=O) groups is 2. The average molecular weight is 391 g/mol. The van der Waals surface area contributed by atoms with E-state index >= 15 is 0 Å². The highest BCUT2D eigenvalue weighted by Crippen LogP contribution is 2.14. The van der Waals surface area contributed by atoms with Gasteiger partial charge in [-0.15, -0.1) is 0 Å². The molecule has 6 heteroatoms. The number of ether oxygens (including phenoxy) is 1. The molecule has 24 heavy (non-hydrogen) atoms. The lowest BCUT2D eigenvalue weighted by molar-refractivity contribution is -0.129. The van der Waals surface area contributed by atoms with Crippen LogP contribution in [0.25, 0.3) is 0 Å². The van der Waals surface area contributed by atoms with E-state index in [1.54, 1.807) is 19.2 Å². The number of nitrogens with one attached hydrogen (secondary N) is 1. The SMILES string of the molecule is C[C@H](OC(=O)c1cncc(Br)c1)C(=O)NC[C@@H](C)c1ccccc1. The zero-order valence-electron chi connectivity index (χ0n) is 13.5. The van der Waals surface area contributed by atoms with E-state index in [-0.39, 0.29) is 11.8 Å². The zero-order chi connectivity index (χ0) is 17.5. The van der Waals surface area contributed by atoms with Gasteiger partial charge in [0.1, 0.15) is 0 Å². The minimum atomic E-state index is -0.876. The molecule has 1 N–H and O–H groups in total. The predicted octanol–water partition coefficient (Wildman–Crippen LogP) is 3.31. The summed E-state index contributed by atoms with van der Waals surface area (Å²) in [6.07, 6.45) is 2.09. The van der Waals surface area contributed by atoms with Crippen LogP contribution < -0.4 is 5.32 Å². The zero-order valence-corrected chi connectivity index (χ0v) is 15.1. The first kappa shape index (κ1) is 18.1. The molecule has 0 aliphatic carbocycles. The van der Waals surface area contributed by atoms with Gasteiger partial charge in [-0.05, 0) is 40.4 Å². The van der Waals surface area contributed by atoms with Crippen LogP contribution in [0.3, 0.4) is 0 Å². The van der Waals surface area contributed by atoms with Crippen LogP contribution in [0, 0.1) is 0 Å². The fourth-order valence-electron chi connectivity index (χ4n) is 2.10. The Morgan fingerprint density at radius 2 is 1.92 bits per heavy atom. The van der Waals surface area contributed by atoms with Gasteiger partial charge in [-0.2, -0.15) is 0 Å². The second-order valence-electron chi connectivity index (χ2n) is 5.50. The first-order valence-electron chi connectivity index (χ1n) is 7.61. The molecule has 0 saturated carbocycles. The number of nitrogens with zero attached hydrogens (tertiary/aromatic N) is 1. The normalized spacial score (nSPS) is 13.0. The smallest absolute Gasteiger partial charge is 0.340 e. The highest BCUT2D eigenvalue weighted by Gasteiger charge is 2.19. The lowest BCUT2D eigenvalue weighted by atomic mass is 10.0. The number of halogens is 1. The fourth-order valence-corrected chi connectivity index (χ4v) is 2.47. The van der Waals surface area contributed by atoms with Crippen LogP contribution >= 0.6 is 15.9 Å². The van der Waals surface area contributed by atoms with Crippen LogP contribution in [-0.2, 0) is 9.53 Å². The molecular weight excluding hydrogens is 372 g/mol. The first-order valence-corrected chi connectivity index (χ1v) is 8.41. The van der Waals surface area contributed by atoms with E-state index in [0.29, 0.717) is 16.6 Å². The Morgan fingerprint density at radius 1 is 1.21 bits per heavy atom. The number of hydrogen-bond donors (Lipinski definition) is 1. The molecule has 0 aliphatic heterocycles. The molecule has 0 aliphatic rings. The molecule has 2 aromatic rings. The number of aromatic nitrogens is 1. The Kier molecular flexibility index (Phi) is 6.49. The van der Waals surface area contributed by atoms with Gasteiger partial charge in [-0.3, -0.25) is 9.78 Å². The van der Waals surface area contributed by atoms with Crippen molar-refractivity contribution in [1.29, 1.82) is 0 Å². The largest absolute Gasteiger partial charge is 0.449 e. The van der Waals surface area contributed by atoms with E-state index < -0.39 is 12.1 Å². The van der Waals surface area contributed by atoms with Crippen molar-refractivity contribution in [3.63, 3.8) is 0 Å². The van der Waals surface area contributed by atoms with E-state index in [4.69, 9.17) is 4.74 Å². The second kappa shape index (κ2) is 8.59. The number of rotatable bonds is 6. The van der Waals surface area contributed by atoms with Gasteiger partial charge in [0.25, 0.3) is 5.91 Å². The van der Waals surface area contributed by atoms with Crippen molar-refractivity contribution < 1.29 is 14.3 Å². The molecule has 126 valence electrons. The summed E-state index contributed by atoms with van der Waals surface area (Å²) in [5.41, 5.74) is 1.43. The molecule has 1 heterocycles. The molecule has 2 atom stereocenters. The van der Waals surface area contributed by atoms with Gasteiger partial charge < -0.3 is 10.1 Å². The number of pyridine rings is 1. The molecule has 0 radical (unpaired) electrons. The Balaban J connectivity index is 1.85. The molecule has 0 fully saturated rings. The van der Waals surface area contributed by atoms with Crippen molar-refractivity contribution in [2.24, 2.45) is 0 Å². The molecule has 0 spiro atoms. The number of carbonyl (C=O) groups excluding carboxylic acids is 2. The summed E-state index contributed by atoms with van der Waals surface area (Å²) in [5, 5.41) is 2.81. The van der Waals surface area contributed by atoms with Crippen molar-refractivity contribution >= 4 is 27.8 Å². The molecule has 0 bridgehead atoms. The Hall–Kier alpha value is -2.21. The summed E-state index contributed by atoms with van der Waals surface area (Å²) in [6.45, 7) is 4.05. The molecule has 1 amide bonds. The lowest BCUT2D eigenvalue weighted by Crippen LogP contribution is -2.37. The van der Waals surface area contributed by atoms with E-state index in [9.17, 15) is 9.59 Å². The minimum absolute atomic E-state index is 0.173. The van der Waals surface area contributed by atoms with E-state index in [1.165, 1.54) is 6.20 Å². The number of esters is 1. The molecule has 1 aromatic heterocycles. The Labute approximate surface area is 149 Å². The van der Waals surface area contributed by atoms with Gasteiger partial charge in [0.2, 0.25) is 0 Å². The van der Waals surface area contributed by atoms with Gasteiger partial charge in [0.15, 0.2) is 6.10 Å². The van der Waals surface area contributed by atoms with Gasteiger partial charge in [0.05, 0.1) is 5.56 Å². The maximum absolute atomic E-state index is 12.1. The topological polar surface area (TPSA) is 68.3 Å². The molecule has 1 aromatic carbocycles. The fraction of sp³-hybridized carbons (Fsp3) is 0.278. The maximum Gasteiger partial charge on any atom is 0.340 e. The van der Waals surface area contributed by atoms with Crippen LogP contribution in [-0.4, -0.2) is 29.5 Å².